The first-order valence-corrected chi connectivity index (χ1v) is 5.23. The third-order valence-corrected chi connectivity index (χ3v) is 2.78. The van der Waals surface area contributed by atoms with Gasteiger partial charge in [0.05, 0.1) is 11.3 Å². The average molecular weight is 267 g/mol. The van der Waals surface area contributed by atoms with Crippen molar-refractivity contribution >= 4 is 27.7 Å². The van der Waals surface area contributed by atoms with Gasteiger partial charge in [-0.2, -0.15) is 0 Å². The van der Waals surface area contributed by atoms with Crippen molar-refractivity contribution < 1.29 is 57.6 Å². The van der Waals surface area contributed by atoms with E-state index in [1.54, 1.807) is 0 Å². The zero-order chi connectivity index (χ0) is 11.2. The summed E-state index contributed by atoms with van der Waals surface area (Å²) in [4.78, 5) is 22.5. The van der Waals surface area contributed by atoms with Crippen molar-refractivity contribution in [2.45, 2.75) is 0 Å². The number of amides is 1. The molecule has 1 aromatic carbocycles. The van der Waals surface area contributed by atoms with E-state index in [1.165, 1.54) is 24.3 Å². The molecular weight excluding hydrogens is 261 g/mol. The number of Topliss-reactive ketones (excluding diaryl/α,β-unsaturated/α-hetero) is 1. The molecule has 1 heterocycles. The van der Waals surface area contributed by atoms with Gasteiger partial charge in [0.15, 0.2) is 10.3 Å². The molecule has 2 rings (SSSR count). The van der Waals surface area contributed by atoms with Crippen molar-refractivity contribution in [1.29, 1.82) is 0 Å². The molecule has 1 amide bonds. The van der Waals surface area contributed by atoms with E-state index in [1.807, 2.05) is 0 Å². The predicted octanol–water partition coefficient (Wildman–Crippen LogP) is -4.14. The second-order valence-corrected chi connectivity index (χ2v) is 4.09. The number of benzene rings is 1. The molecule has 0 bridgehead atoms. The molecule has 1 aliphatic heterocycles. The minimum atomic E-state index is -4.99. The second-order valence-electron chi connectivity index (χ2n) is 2.87. The molecule has 0 radical (unpaired) electrons. The molecular formula is C8H6NNaO6S. The number of anilines is 1. The van der Waals surface area contributed by atoms with E-state index < -0.39 is 22.0 Å². The zero-order valence-electron chi connectivity index (χ0n) is 8.71. The zero-order valence-corrected chi connectivity index (χ0v) is 11.5. The van der Waals surface area contributed by atoms with Crippen LogP contribution in [0.3, 0.4) is 0 Å². The molecule has 0 saturated carbocycles. The number of hydrogen-bond donors (Lipinski definition) is 0. The summed E-state index contributed by atoms with van der Waals surface area (Å²) in [6.07, 6.45) is 0. The molecule has 9 heteroatoms. The van der Waals surface area contributed by atoms with Crippen molar-refractivity contribution in [2.75, 3.05) is 4.31 Å². The number of fused-ring (bicyclic) bond motifs is 1. The predicted molar refractivity (Wildman–Crippen MR) is 51.6 cm³/mol. The normalized spacial score (nSPS) is 13.8. The molecule has 7 nitrogen and oxygen atoms in total. The fourth-order valence-electron chi connectivity index (χ4n) is 1.38. The van der Waals surface area contributed by atoms with Crippen LogP contribution >= 0.6 is 0 Å². The van der Waals surface area contributed by atoms with Gasteiger partial charge in [-0.1, -0.05) is 12.1 Å². The summed E-state index contributed by atoms with van der Waals surface area (Å²) >= 11 is 0. The second kappa shape index (κ2) is 5.25. The number of rotatable bonds is 1. The molecule has 2 N–H and O–H groups in total. The summed E-state index contributed by atoms with van der Waals surface area (Å²) in [5.74, 6) is -2.31. The Morgan fingerprint density at radius 2 is 1.65 bits per heavy atom. The van der Waals surface area contributed by atoms with Crippen LogP contribution < -0.4 is 33.9 Å². The number of carbonyl (C=O) groups is 2. The quantitative estimate of drug-likeness (QED) is 0.290. The van der Waals surface area contributed by atoms with Gasteiger partial charge in [0, 0.05) is 0 Å². The minimum absolute atomic E-state index is 0. The van der Waals surface area contributed by atoms with E-state index in [0.717, 1.165) is 0 Å². The summed E-state index contributed by atoms with van der Waals surface area (Å²) in [5, 5.41) is 0. The topological polar surface area (TPSA) is 126 Å². The van der Waals surface area contributed by atoms with E-state index in [0.29, 0.717) is 0 Å². The Morgan fingerprint density at radius 3 is 2.18 bits per heavy atom. The summed E-state index contributed by atoms with van der Waals surface area (Å²) in [5.41, 5.74) is -0.246. The maximum atomic E-state index is 11.3. The third kappa shape index (κ3) is 2.57. The van der Waals surface area contributed by atoms with Crippen molar-refractivity contribution in [2.24, 2.45) is 0 Å². The molecule has 1 aliphatic rings. The van der Waals surface area contributed by atoms with Gasteiger partial charge in [-0.3, -0.25) is 9.59 Å². The van der Waals surface area contributed by atoms with E-state index in [4.69, 9.17) is 0 Å². The van der Waals surface area contributed by atoms with E-state index in [-0.39, 0.29) is 50.6 Å². The first-order chi connectivity index (χ1) is 6.93. The third-order valence-electron chi connectivity index (χ3n) is 1.97. The Labute approximate surface area is 119 Å². The summed E-state index contributed by atoms with van der Waals surface area (Å²) in [7, 11) is -4.99. The standard InChI is InChI=1S/C8H5NO5S.Na.H2O/c10-7-5-3-1-2-4-6(5)9(8(7)11)15(12,13)14;;/h1-4H,(H,12,13,14);;1H2/q;+1;/p-1. The number of carbonyl (C=O) groups excluding carboxylic acids is 2. The number of nitrogens with zero attached hydrogens (tertiary/aromatic N) is 1. The summed E-state index contributed by atoms with van der Waals surface area (Å²) in [6.45, 7) is 0. The van der Waals surface area contributed by atoms with Gasteiger partial charge < -0.3 is 10.0 Å². The van der Waals surface area contributed by atoms with Crippen LogP contribution in [0.25, 0.3) is 0 Å². The van der Waals surface area contributed by atoms with Crippen molar-refractivity contribution in [1.82, 2.24) is 0 Å². The first kappa shape index (κ1) is 16.2. The number of ketones is 1. The Kier molecular flexibility index (Phi) is 5.02. The monoisotopic (exact) mass is 267 g/mol. The molecule has 0 unspecified atom stereocenters. The molecule has 0 aromatic heterocycles. The van der Waals surface area contributed by atoms with Crippen LogP contribution in [-0.4, -0.2) is 30.1 Å². The molecule has 17 heavy (non-hydrogen) atoms. The largest absolute Gasteiger partial charge is 1.00 e. The Bertz CT molecular complexity index is 569. The van der Waals surface area contributed by atoms with E-state index >= 15 is 0 Å². The van der Waals surface area contributed by atoms with E-state index in [9.17, 15) is 22.6 Å². The maximum Gasteiger partial charge on any atom is 1.00 e. The molecule has 0 saturated heterocycles. The van der Waals surface area contributed by atoms with Gasteiger partial charge in [0.1, 0.15) is 0 Å². The van der Waals surface area contributed by atoms with Crippen molar-refractivity contribution in [3.8, 4) is 0 Å². The van der Waals surface area contributed by atoms with Gasteiger partial charge in [-0.05, 0) is 12.1 Å². The average Bonchev–Trinajstić information content (AvgIpc) is 2.39. The van der Waals surface area contributed by atoms with Crippen molar-refractivity contribution in [3.05, 3.63) is 29.8 Å². The SMILES string of the molecule is O.O=C1C(=O)N(S(=O)(=O)[O-])c2ccccc21.[Na+]. The van der Waals surface area contributed by atoms with Crippen LogP contribution in [0, 0.1) is 0 Å². The van der Waals surface area contributed by atoms with Crippen LogP contribution in [0.1, 0.15) is 10.4 Å². The minimum Gasteiger partial charge on any atom is -0.730 e. The molecule has 1 aromatic rings. The Balaban J connectivity index is 0.00000128. The van der Waals surface area contributed by atoms with Crippen LogP contribution in [-0.2, 0) is 15.1 Å². The fraction of sp³-hybridized carbons (Fsp3) is 0. The van der Waals surface area contributed by atoms with Crippen LogP contribution in [0.15, 0.2) is 24.3 Å². The van der Waals surface area contributed by atoms with Crippen LogP contribution in [0.2, 0.25) is 0 Å². The number of para-hydroxylation sites is 1. The first-order valence-electron chi connectivity index (χ1n) is 3.87. The molecule has 0 aliphatic carbocycles. The van der Waals surface area contributed by atoms with Gasteiger partial charge in [-0.25, -0.2) is 12.7 Å². The molecule has 0 fully saturated rings. The van der Waals surface area contributed by atoms with Crippen LogP contribution in [0.4, 0.5) is 5.69 Å². The van der Waals surface area contributed by atoms with Gasteiger partial charge >= 0.3 is 35.5 Å². The fourth-order valence-corrected chi connectivity index (χ4v) is 2.07. The van der Waals surface area contributed by atoms with Gasteiger partial charge in [-0.15, -0.1) is 0 Å². The summed E-state index contributed by atoms with van der Waals surface area (Å²) in [6, 6.07) is 5.43. The summed E-state index contributed by atoms with van der Waals surface area (Å²) < 4.78 is 32.2. The van der Waals surface area contributed by atoms with Crippen molar-refractivity contribution in [3.63, 3.8) is 0 Å². The molecule has 0 spiro atoms. The number of hydrogen-bond acceptors (Lipinski definition) is 5. The maximum absolute atomic E-state index is 11.3. The van der Waals surface area contributed by atoms with Gasteiger partial charge in [0.25, 0.3) is 5.78 Å². The Hall–Kier alpha value is -0.770. The Morgan fingerprint density at radius 1 is 1.12 bits per heavy atom. The molecule has 86 valence electrons. The smallest absolute Gasteiger partial charge is 0.730 e. The van der Waals surface area contributed by atoms with Gasteiger partial charge in [0.2, 0.25) is 0 Å². The van der Waals surface area contributed by atoms with Crippen LogP contribution in [0.5, 0.6) is 0 Å². The van der Waals surface area contributed by atoms with E-state index in [2.05, 4.69) is 0 Å². The molecule has 0 atom stereocenters.